The number of hydrogen-bond acceptors (Lipinski definition) is 4. The highest BCUT2D eigenvalue weighted by atomic mass is 16.4. The van der Waals surface area contributed by atoms with Crippen LogP contribution in [0.2, 0.25) is 0 Å². The Bertz CT molecular complexity index is 256. The summed E-state index contributed by atoms with van der Waals surface area (Å²) in [7, 11) is 0. The Balaban J connectivity index is 2.65. The third-order valence-electron chi connectivity index (χ3n) is 0.992. The Kier molecular flexibility index (Phi) is 2.22. The topological polar surface area (TPSA) is 75.4 Å². The number of amides is 1. The summed E-state index contributed by atoms with van der Waals surface area (Å²) in [6, 6.07) is 0.113. The molecule has 1 aromatic heterocycles. The maximum absolute atomic E-state index is 10.4. The third-order valence-corrected chi connectivity index (χ3v) is 0.992. The van der Waals surface area contributed by atoms with Gasteiger partial charge in [-0.3, -0.25) is 10.1 Å². The lowest BCUT2D eigenvalue weighted by Crippen LogP contribution is -2.05. The minimum Gasteiger partial charge on any atom is -0.426 e. The molecular formula is C6H8N2O3. The zero-order valence-corrected chi connectivity index (χ0v) is 6.00. The Morgan fingerprint density at radius 1 is 1.91 bits per heavy atom. The van der Waals surface area contributed by atoms with E-state index in [4.69, 9.17) is 9.52 Å². The number of aliphatic hydroxyl groups is 1. The number of nitrogens with one attached hydrogen (secondary N) is 1. The van der Waals surface area contributed by atoms with E-state index in [9.17, 15) is 4.79 Å². The predicted octanol–water partition coefficient (Wildman–Crippen LogP) is 0.125. The Hall–Kier alpha value is -1.36. The highest BCUT2D eigenvalue weighted by Gasteiger charge is 2.02. The lowest BCUT2D eigenvalue weighted by Gasteiger charge is -1.91. The van der Waals surface area contributed by atoms with Gasteiger partial charge in [-0.25, -0.2) is 4.98 Å². The van der Waals surface area contributed by atoms with Crippen molar-refractivity contribution < 1.29 is 14.3 Å². The van der Waals surface area contributed by atoms with Gasteiger partial charge in [0.05, 0.1) is 6.20 Å². The molecule has 0 unspecified atom stereocenters. The van der Waals surface area contributed by atoms with Crippen LogP contribution in [0.4, 0.5) is 6.01 Å². The smallest absolute Gasteiger partial charge is 0.301 e. The van der Waals surface area contributed by atoms with Gasteiger partial charge in [-0.1, -0.05) is 0 Å². The molecule has 5 heteroatoms. The van der Waals surface area contributed by atoms with Crippen molar-refractivity contribution in [2.45, 2.75) is 13.5 Å². The molecule has 5 nitrogen and oxygen atoms in total. The highest BCUT2D eigenvalue weighted by molar-refractivity contribution is 5.86. The largest absolute Gasteiger partial charge is 0.426 e. The van der Waals surface area contributed by atoms with Crippen molar-refractivity contribution >= 4 is 11.9 Å². The molecule has 0 bridgehead atoms. The monoisotopic (exact) mass is 156 g/mol. The summed E-state index contributed by atoms with van der Waals surface area (Å²) in [5.41, 5.74) is 0. The Morgan fingerprint density at radius 3 is 3.09 bits per heavy atom. The molecule has 0 aliphatic rings. The maximum Gasteiger partial charge on any atom is 0.301 e. The lowest BCUT2D eigenvalue weighted by atomic mass is 10.6. The molecule has 0 saturated carbocycles. The molecule has 0 fully saturated rings. The van der Waals surface area contributed by atoms with Crippen LogP contribution in [0.1, 0.15) is 12.7 Å². The van der Waals surface area contributed by atoms with Crippen LogP contribution in [0.3, 0.4) is 0 Å². The van der Waals surface area contributed by atoms with E-state index in [1.807, 2.05) is 0 Å². The van der Waals surface area contributed by atoms with Gasteiger partial charge in [-0.15, -0.1) is 0 Å². The van der Waals surface area contributed by atoms with Crippen LogP contribution >= 0.6 is 0 Å². The van der Waals surface area contributed by atoms with Crippen molar-refractivity contribution in [2.75, 3.05) is 5.32 Å². The van der Waals surface area contributed by atoms with Crippen LogP contribution in [0.5, 0.6) is 0 Å². The number of carbonyl (C=O) groups excluding carboxylic acids is 1. The molecule has 11 heavy (non-hydrogen) atoms. The second kappa shape index (κ2) is 3.16. The molecule has 1 heterocycles. The number of aromatic nitrogens is 1. The molecule has 1 amide bonds. The van der Waals surface area contributed by atoms with E-state index in [2.05, 4.69) is 10.3 Å². The third kappa shape index (κ3) is 2.05. The van der Waals surface area contributed by atoms with Gasteiger partial charge < -0.3 is 9.52 Å². The van der Waals surface area contributed by atoms with E-state index < -0.39 is 0 Å². The minimum absolute atomic E-state index is 0.113. The zero-order chi connectivity index (χ0) is 8.27. The second-order valence-electron chi connectivity index (χ2n) is 1.97. The molecular weight excluding hydrogens is 148 g/mol. The van der Waals surface area contributed by atoms with Crippen molar-refractivity contribution in [1.29, 1.82) is 0 Å². The predicted molar refractivity (Wildman–Crippen MR) is 36.7 cm³/mol. The van der Waals surface area contributed by atoms with E-state index >= 15 is 0 Å². The molecule has 0 aromatic carbocycles. The highest BCUT2D eigenvalue weighted by Crippen LogP contribution is 2.07. The first-order valence-electron chi connectivity index (χ1n) is 3.05. The first kappa shape index (κ1) is 7.74. The molecule has 0 saturated heterocycles. The average molecular weight is 156 g/mol. The van der Waals surface area contributed by atoms with Gasteiger partial charge in [0.15, 0.2) is 5.76 Å². The quantitative estimate of drug-likeness (QED) is 0.637. The summed E-state index contributed by atoms with van der Waals surface area (Å²) in [6.45, 7) is 1.13. The summed E-state index contributed by atoms with van der Waals surface area (Å²) in [4.78, 5) is 14.1. The van der Waals surface area contributed by atoms with E-state index in [-0.39, 0.29) is 18.5 Å². The molecule has 1 rings (SSSR count). The summed E-state index contributed by atoms with van der Waals surface area (Å²) in [5, 5.41) is 10.9. The molecule has 0 aliphatic carbocycles. The van der Waals surface area contributed by atoms with Gasteiger partial charge in [0, 0.05) is 6.92 Å². The molecule has 0 spiro atoms. The van der Waals surface area contributed by atoms with Gasteiger partial charge >= 0.3 is 6.01 Å². The Morgan fingerprint density at radius 2 is 2.64 bits per heavy atom. The van der Waals surface area contributed by atoms with Gasteiger partial charge in [0.2, 0.25) is 5.91 Å². The second-order valence-corrected chi connectivity index (χ2v) is 1.97. The summed E-state index contributed by atoms with van der Waals surface area (Å²) in [6.07, 6.45) is 1.35. The van der Waals surface area contributed by atoms with Crippen molar-refractivity contribution in [3.05, 3.63) is 12.0 Å². The molecule has 0 atom stereocenters. The van der Waals surface area contributed by atoms with Crippen molar-refractivity contribution in [2.24, 2.45) is 0 Å². The number of oxazole rings is 1. The van der Waals surface area contributed by atoms with E-state index in [0.29, 0.717) is 5.76 Å². The fourth-order valence-electron chi connectivity index (χ4n) is 0.589. The SMILES string of the molecule is CC(=O)Nc1ncc(CO)o1. The maximum atomic E-state index is 10.4. The number of anilines is 1. The van der Waals surface area contributed by atoms with Gasteiger partial charge in [0.25, 0.3) is 0 Å². The minimum atomic E-state index is -0.253. The van der Waals surface area contributed by atoms with Crippen LogP contribution in [0, 0.1) is 0 Å². The first-order valence-corrected chi connectivity index (χ1v) is 3.05. The standard InChI is InChI=1S/C6H8N2O3/c1-4(10)8-6-7-2-5(3-9)11-6/h2,9H,3H2,1H3,(H,7,8,10). The molecule has 2 N–H and O–H groups in total. The lowest BCUT2D eigenvalue weighted by molar-refractivity contribution is -0.114. The fraction of sp³-hybridized carbons (Fsp3) is 0.333. The van der Waals surface area contributed by atoms with Crippen LogP contribution in [-0.4, -0.2) is 16.0 Å². The Labute approximate surface area is 63.0 Å². The van der Waals surface area contributed by atoms with Crippen LogP contribution < -0.4 is 5.32 Å². The van der Waals surface area contributed by atoms with Crippen molar-refractivity contribution in [1.82, 2.24) is 4.98 Å². The molecule has 0 radical (unpaired) electrons. The van der Waals surface area contributed by atoms with E-state index in [1.165, 1.54) is 13.1 Å². The number of rotatable bonds is 2. The number of carbonyl (C=O) groups is 1. The van der Waals surface area contributed by atoms with E-state index in [1.54, 1.807) is 0 Å². The van der Waals surface area contributed by atoms with E-state index in [0.717, 1.165) is 0 Å². The van der Waals surface area contributed by atoms with Gasteiger partial charge in [0.1, 0.15) is 6.61 Å². The summed E-state index contributed by atoms with van der Waals surface area (Å²) >= 11 is 0. The number of nitrogens with zero attached hydrogens (tertiary/aromatic N) is 1. The van der Waals surface area contributed by atoms with Crippen LogP contribution in [-0.2, 0) is 11.4 Å². The van der Waals surface area contributed by atoms with Gasteiger partial charge in [-0.2, -0.15) is 0 Å². The fourth-order valence-corrected chi connectivity index (χ4v) is 0.589. The summed E-state index contributed by atoms with van der Waals surface area (Å²) in [5.74, 6) is 0.0742. The molecule has 1 aromatic rings. The van der Waals surface area contributed by atoms with Crippen molar-refractivity contribution in [3.8, 4) is 0 Å². The first-order chi connectivity index (χ1) is 5.22. The summed E-state index contributed by atoms with van der Waals surface area (Å²) < 4.78 is 4.85. The van der Waals surface area contributed by atoms with Crippen LogP contribution in [0.25, 0.3) is 0 Å². The molecule has 0 aliphatic heterocycles. The zero-order valence-electron chi connectivity index (χ0n) is 6.00. The van der Waals surface area contributed by atoms with Crippen molar-refractivity contribution in [3.63, 3.8) is 0 Å². The number of hydrogen-bond donors (Lipinski definition) is 2. The molecule has 60 valence electrons. The van der Waals surface area contributed by atoms with Crippen LogP contribution in [0.15, 0.2) is 10.6 Å². The van der Waals surface area contributed by atoms with Gasteiger partial charge in [-0.05, 0) is 0 Å². The normalized spacial score (nSPS) is 9.64. The average Bonchev–Trinajstić information content (AvgIpc) is 2.34. The number of aliphatic hydroxyl groups excluding tert-OH is 1.